The first kappa shape index (κ1) is 31.1. The lowest BCUT2D eigenvalue weighted by Crippen LogP contribution is -2.00. The van der Waals surface area contributed by atoms with Crippen LogP contribution in [0.4, 0.5) is 0 Å². The van der Waals surface area contributed by atoms with Gasteiger partial charge in [-0.1, -0.05) is 158 Å². The van der Waals surface area contributed by atoms with E-state index in [0.29, 0.717) is 17.5 Å². The van der Waals surface area contributed by atoms with Crippen LogP contribution < -0.4 is 0 Å². The molecule has 0 bridgehead atoms. The molecule has 55 heavy (non-hydrogen) atoms. The monoisotopic (exact) mass is 701 g/mol. The lowest BCUT2D eigenvalue weighted by molar-refractivity contribution is 0.669. The zero-order chi connectivity index (χ0) is 36.3. The topological polar surface area (TPSA) is 51.8 Å². The summed E-state index contributed by atoms with van der Waals surface area (Å²) in [6.07, 6.45) is 0. The molecule has 0 aliphatic heterocycles. The van der Waals surface area contributed by atoms with Crippen LogP contribution >= 0.6 is 0 Å². The highest BCUT2D eigenvalue weighted by molar-refractivity contribution is 6.14. The van der Waals surface area contributed by atoms with Crippen LogP contribution in [-0.2, 0) is 0 Å². The molecule has 0 radical (unpaired) electrons. The minimum absolute atomic E-state index is 0.557. The molecule has 0 saturated carbocycles. The summed E-state index contributed by atoms with van der Waals surface area (Å²) in [7, 11) is 0. The zero-order valence-electron chi connectivity index (χ0n) is 29.6. The SMILES string of the molecule is c1cc(-c2nc(-c3cccc(-c4cc5ccccc5c5ccccc45)c3)nc(-c3cccc4c3oc3ccccc34)n2)cc(-c2cccc3ccccc23)c1. The first-order chi connectivity index (χ1) is 27.2. The van der Waals surface area contributed by atoms with Crippen LogP contribution in [0.25, 0.3) is 111 Å². The fourth-order valence-electron chi connectivity index (χ4n) is 8.10. The van der Waals surface area contributed by atoms with E-state index >= 15 is 0 Å². The van der Waals surface area contributed by atoms with E-state index < -0.39 is 0 Å². The van der Waals surface area contributed by atoms with Crippen molar-refractivity contribution >= 4 is 54.3 Å². The molecule has 11 rings (SSSR count). The third-order valence-corrected chi connectivity index (χ3v) is 10.7. The van der Waals surface area contributed by atoms with Gasteiger partial charge in [0.25, 0.3) is 0 Å². The molecule has 0 saturated heterocycles. The van der Waals surface area contributed by atoms with Gasteiger partial charge in [-0.05, 0) is 84.9 Å². The van der Waals surface area contributed by atoms with E-state index in [1.807, 2.05) is 24.3 Å². The fraction of sp³-hybridized carbons (Fsp3) is 0. The molecule has 2 aromatic heterocycles. The van der Waals surface area contributed by atoms with Gasteiger partial charge in [-0.25, -0.2) is 15.0 Å². The Kier molecular flexibility index (Phi) is 7.14. The van der Waals surface area contributed by atoms with Crippen molar-refractivity contribution in [1.82, 2.24) is 15.0 Å². The van der Waals surface area contributed by atoms with Gasteiger partial charge >= 0.3 is 0 Å². The number of benzene rings is 9. The molecule has 4 heteroatoms. The summed E-state index contributed by atoms with van der Waals surface area (Å²) in [6, 6.07) is 65.9. The van der Waals surface area contributed by atoms with Gasteiger partial charge in [0, 0.05) is 21.9 Å². The number of para-hydroxylation sites is 2. The van der Waals surface area contributed by atoms with Gasteiger partial charge in [0.2, 0.25) is 0 Å². The Morgan fingerprint density at radius 2 is 0.800 bits per heavy atom. The van der Waals surface area contributed by atoms with Crippen LogP contribution in [0, 0.1) is 0 Å². The molecule has 0 spiro atoms. The van der Waals surface area contributed by atoms with Crippen LogP contribution in [0.3, 0.4) is 0 Å². The van der Waals surface area contributed by atoms with Crippen LogP contribution in [0.1, 0.15) is 0 Å². The van der Waals surface area contributed by atoms with E-state index in [9.17, 15) is 0 Å². The smallest absolute Gasteiger partial charge is 0.167 e. The average molecular weight is 702 g/mol. The molecule has 2 heterocycles. The van der Waals surface area contributed by atoms with Crippen LogP contribution in [-0.4, -0.2) is 15.0 Å². The predicted octanol–water partition coefficient (Wildman–Crippen LogP) is 13.6. The summed E-state index contributed by atoms with van der Waals surface area (Å²) >= 11 is 0. The molecule has 0 amide bonds. The van der Waals surface area contributed by atoms with E-state index in [1.54, 1.807) is 0 Å². The fourth-order valence-corrected chi connectivity index (χ4v) is 8.10. The summed E-state index contributed by atoms with van der Waals surface area (Å²) in [6.45, 7) is 0. The Balaban J connectivity index is 1.12. The average Bonchev–Trinajstić information content (AvgIpc) is 3.65. The van der Waals surface area contributed by atoms with Crippen LogP contribution in [0.2, 0.25) is 0 Å². The highest BCUT2D eigenvalue weighted by atomic mass is 16.3. The quantitative estimate of drug-likeness (QED) is 0.168. The Hall–Kier alpha value is -7.43. The van der Waals surface area contributed by atoms with Crippen molar-refractivity contribution in [2.45, 2.75) is 0 Å². The second-order valence-electron chi connectivity index (χ2n) is 14.0. The van der Waals surface area contributed by atoms with Gasteiger partial charge in [0.05, 0.1) is 5.56 Å². The van der Waals surface area contributed by atoms with E-state index in [4.69, 9.17) is 19.4 Å². The van der Waals surface area contributed by atoms with Crippen molar-refractivity contribution in [3.05, 3.63) is 188 Å². The van der Waals surface area contributed by atoms with E-state index in [1.165, 1.54) is 37.9 Å². The summed E-state index contributed by atoms with van der Waals surface area (Å²) < 4.78 is 6.50. The van der Waals surface area contributed by atoms with E-state index in [0.717, 1.165) is 55.3 Å². The van der Waals surface area contributed by atoms with Crippen molar-refractivity contribution in [1.29, 1.82) is 0 Å². The van der Waals surface area contributed by atoms with Crippen molar-refractivity contribution in [2.24, 2.45) is 0 Å². The van der Waals surface area contributed by atoms with Gasteiger partial charge in [-0.3, -0.25) is 0 Å². The number of aromatic nitrogens is 3. The highest BCUT2D eigenvalue weighted by Crippen LogP contribution is 2.39. The lowest BCUT2D eigenvalue weighted by atomic mass is 9.92. The highest BCUT2D eigenvalue weighted by Gasteiger charge is 2.19. The van der Waals surface area contributed by atoms with E-state index in [-0.39, 0.29) is 0 Å². The summed E-state index contributed by atoms with van der Waals surface area (Å²) in [5, 5.41) is 9.38. The number of furan rings is 1. The molecular formula is C51H31N3O. The van der Waals surface area contributed by atoms with Crippen LogP contribution in [0.15, 0.2) is 192 Å². The number of rotatable bonds is 5. The first-order valence-corrected chi connectivity index (χ1v) is 18.5. The van der Waals surface area contributed by atoms with Crippen molar-refractivity contribution in [3.63, 3.8) is 0 Å². The summed E-state index contributed by atoms with van der Waals surface area (Å²) in [5.41, 5.74) is 8.75. The van der Waals surface area contributed by atoms with Crippen molar-refractivity contribution < 1.29 is 4.42 Å². The Morgan fingerprint density at radius 3 is 1.58 bits per heavy atom. The first-order valence-electron chi connectivity index (χ1n) is 18.5. The maximum atomic E-state index is 6.50. The zero-order valence-corrected chi connectivity index (χ0v) is 29.6. The Bertz CT molecular complexity index is 3280. The standard InChI is InChI=1S/C51H31N3O/c1-3-20-38-32(13-1)15-11-25-39(38)33-16-9-18-36(29-33)49-52-50(54-51(53-49)45-27-12-26-44-43-24-7-8-28-47(43)55-48(44)45)37-19-10-17-34(30-37)46-31-35-14-2-4-21-40(35)41-22-5-6-23-42(41)46/h1-31H. The van der Waals surface area contributed by atoms with Gasteiger partial charge in [0.1, 0.15) is 11.2 Å². The number of fused-ring (bicyclic) bond motifs is 7. The van der Waals surface area contributed by atoms with Crippen LogP contribution in [0.5, 0.6) is 0 Å². The van der Waals surface area contributed by atoms with Gasteiger partial charge in [-0.2, -0.15) is 0 Å². The predicted molar refractivity (Wildman–Crippen MR) is 227 cm³/mol. The van der Waals surface area contributed by atoms with Crippen molar-refractivity contribution in [3.8, 4) is 56.4 Å². The minimum atomic E-state index is 0.557. The molecule has 9 aromatic carbocycles. The molecule has 0 atom stereocenters. The summed E-state index contributed by atoms with van der Waals surface area (Å²) in [5.74, 6) is 1.74. The minimum Gasteiger partial charge on any atom is -0.455 e. The molecule has 0 aliphatic carbocycles. The van der Waals surface area contributed by atoms with Gasteiger partial charge in [-0.15, -0.1) is 0 Å². The second kappa shape index (κ2) is 12.6. The third kappa shape index (κ3) is 5.26. The van der Waals surface area contributed by atoms with Gasteiger partial charge in [0.15, 0.2) is 17.5 Å². The number of hydrogen-bond donors (Lipinski definition) is 0. The second-order valence-corrected chi connectivity index (χ2v) is 14.0. The van der Waals surface area contributed by atoms with E-state index in [2.05, 4.69) is 164 Å². The molecule has 0 aliphatic rings. The molecule has 0 unspecified atom stereocenters. The van der Waals surface area contributed by atoms with Crippen molar-refractivity contribution in [2.75, 3.05) is 0 Å². The largest absolute Gasteiger partial charge is 0.455 e. The third-order valence-electron chi connectivity index (χ3n) is 10.7. The molecule has 256 valence electrons. The molecular weight excluding hydrogens is 671 g/mol. The maximum absolute atomic E-state index is 6.50. The van der Waals surface area contributed by atoms with Gasteiger partial charge < -0.3 is 4.42 Å². The number of nitrogens with zero attached hydrogens (tertiary/aromatic N) is 3. The molecule has 0 fully saturated rings. The summed E-state index contributed by atoms with van der Waals surface area (Å²) in [4.78, 5) is 15.6. The molecule has 4 nitrogen and oxygen atoms in total. The maximum Gasteiger partial charge on any atom is 0.167 e. The Morgan fingerprint density at radius 1 is 0.291 bits per heavy atom. The molecule has 11 aromatic rings. The Labute approximate surface area is 317 Å². The normalized spacial score (nSPS) is 11.6. The number of hydrogen-bond acceptors (Lipinski definition) is 4. The lowest BCUT2D eigenvalue weighted by Gasteiger charge is -2.13. The molecule has 0 N–H and O–H groups in total.